The molecule has 0 unspecified atom stereocenters. The van der Waals surface area contributed by atoms with E-state index in [2.05, 4.69) is 19.2 Å². The van der Waals surface area contributed by atoms with E-state index in [0.717, 1.165) is 12.5 Å². The first-order chi connectivity index (χ1) is 13.8. The Balaban J connectivity index is 1.92. The summed E-state index contributed by atoms with van der Waals surface area (Å²) >= 11 is 5.66. The quantitative estimate of drug-likeness (QED) is 0.591. The maximum Gasteiger partial charge on any atom is 0.338 e. The maximum absolute atomic E-state index is 13.1. The Morgan fingerprint density at radius 2 is 1.90 bits per heavy atom. The number of benzene rings is 2. The van der Waals surface area contributed by atoms with Gasteiger partial charge in [-0.15, -0.1) is 0 Å². The third-order valence-electron chi connectivity index (χ3n) is 3.89. The van der Waals surface area contributed by atoms with E-state index in [1.165, 1.54) is 31.4 Å². The molecule has 1 amide bonds. The zero-order valence-corrected chi connectivity index (χ0v) is 17.2. The van der Waals surface area contributed by atoms with Gasteiger partial charge in [-0.25, -0.2) is 9.18 Å². The molecule has 0 heterocycles. The molecule has 156 valence electrons. The second kappa shape index (κ2) is 10.7. The fraction of sp³-hybridized carbons (Fsp3) is 0.333. The lowest BCUT2D eigenvalue weighted by atomic mass is 10.1. The number of carbonyl (C=O) groups excluding carboxylic acids is 2. The Kier molecular flexibility index (Phi) is 8.27. The van der Waals surface area contributed by atoms with Crippen LogP contribution in [-0.2, 0) is 9.53 Å². The highest BCUT2D eigenvalue weighted by Crippen LogP contribution is 2.28. The van der Waals surface area contributed by atoms with Crippen molar-refractivity contribution in [2.24, 2.45) is 5.92 Å². The topological polar surface area (TPSA) is 73.9 Å². The Labute approximate surface area is 173 Å². The van der Waals surface area contributed by atoms with Gasteiger partial charge >= 0.3 is 5.97 Å². The Bertz CT molecular complexity index is 872. The first kappa shape index (κ1) is 22.5. The number of carbonyl (C=O) groups is 2. The molecule has 0 aliphatic rings. The molecule has 0 atom stereocenters. The zero-order valence-electron chi connectivity index (χ0n) is 16.5. The minimum Gasteiger partial charge on any atom is -0.493 e. The molecule has 0 aromatic heterocycles. The van der Waals surface area contributed by atoms with Crippen molar-refractivity contribution in [3.8, 4) is 11.5 Å². The molecule has 2 aromatic carbocycles. The van der Waals surface area contributed by atoms with Crippen LogP contribution in [0, 0.1) is 11.7 Å². The van der Waals surface area contributed by atoms with Crippen LogP contribution < -0.4 is 14.8 Å². The summed E-state index contributed by atoms with van der Waals surface area (Å²) in [6.45, 7) is 4.22. The Hall–Kier alpha value is -2.80. The summed E-state index contributed by atoms with van der Waals surface area (Å²) in [7, 11) is 1.47. The molecule has 0 saturated carbocycles. The summed E-state index contributed by atoms with van der Waals surface area (Å²) in [5.41, 5.74) is 0.512. The monoisotopic (exact) mass is 423 g/mol. The molecule has 0 bridgehead atoms. The number of amides is 1. The summed E-state index contributed by atoms with van der Waals surface area (Å²) in [6, 6.07) is 8.39. The van der Waals surface area contributed by atoms with E-state index in [1.54, 1.807) is 6.07 Å². The van der Waals surface area contributed by atoms with Gasteiger partial charge in [0.1, 0.15) is 5.82 Å². The summed E-state index contributed by atoms with van der Waals surface area (Å²) in [5, 5.41) is 2.35. The minimum absolute atomic E-state index is 0.123. The van der Waals surface area contributed by atoms with Crippen molar-refractivity contribution < 1.29 is 28.2 Å². The van der Waals surface area contributed by atoms with E-state index in [1.807, 2.05) is 0 Å². The molecule has 29 heavy (non-hydrogen) atoms. The third kappa shape index (κ3) is 6.94. The molecule has 6 nitrogen and oxygen atoms in total. The fourth-order valence-electron chi connectivity index (χ4n) is 2.30. The van der Waals surface area contributed by atoms with Crippen LogP contribution in [0.3, 0.4) is 0 Å². The summed E-state index contributed by atoms with van der Waals surface area (Å²) in [5.74, 6) is -0.441. The summed E-state index contributed by atoms with van der Waals surface area (Å²) in [6.07, 6.45) is 0.890. The van der Waals surface area contributed by atoms with Crippen LogP contribution in [0.4, 0.5) is 10.1 Å². The highest BCUT2D eigenvalue weighted by molar-refractivity contribution is 6.31. The van der Waals surface area contributed by atoms with Crippen molar-refractivity contribution in [2.75, 3.05) is 25.6 Å². The van der Waals surface area contributed by atoms with E-state index >= 15 is 0 Å². The number of anilines is 1. The average Bonchev–Trinajstić information content (AvgIpc) is 2.68. The highest BCUT2D eigenvalue weighted by atomic mass is 35.5. The van der Waals surface area contributed by atoms with E-state index in [0.29, 0.717) is 29.7 Å². The summed E-state index contributed by atoms with van der Waals surface area (Å²) < 4.78 is 29.1. The smallest absolute Gasteiger partial charge is 0.338 e. The number of nitrogens with one attached hydrogen (secondary N) is 1. The van der Waals surface area contributed by atoms with Gasteiger partial charge < -0.3 is 19.5 Å². The van der Waals surface area contributed by atoms with E-state index in [-0.39, 0.29) is 10.6 Å². The van der Waals surface area contributed by atoms with E-state index < -0.39 is 24.3 Å². The van der Waals surface area contributed by atoms with E-state index in [4.69, 9.17) is 25.8 Å². The standard InChI is InChI=1S/C21H23ClFNO5/c1-13(2)8-9-28-18-7-4-14(10-19(18)27-3)21(26)29-12-20(25)24-15-5-6-17(23)16(22)11-15/h4-7,10-11,13H,8-9,12H2,1-3H3,(H,24,25). The van der Waals surface area contributed by atoms with Gasteiger partial charge in [-0.3, -0.25) is 4.79 Å². The van der Waals surface area contributed by atoms with E-state index in [9.17, 15) is 14.0 Å². The molecule has 0 radical (unpaired) electrons. The maximum atomic E-state index is 13.1. The molecule has 2 aromatic rings. The third-order valence-corrected chi connectivity index (χ3v) is 4.18. The average molecular weight is 424 g/mol. The van der Waals surface area contributed by atoms with Crippen LogP contribution in [0.1, 0.15) is 30.6 Å². The Morgan fingerprint density at radius 3 is 2.55 bits per heavy atom. The van der Waals surface area contributed by atoms with Gasteiger partial charge in [-0.05, 0) is 48.7 Å². The number of hydrogen-bond acceptors (Lipinski definition) is 5. The largest absolute Gasteiger partial charge is 0.493 e. The van der Waals surface area contributed by atoms with Crippen molar-refractivity contribution in [1.29, 1.82) is 0 Å². The number of esters is 1. The number of hydrogen-bond donors (Lipinski definition) is 1. The van der Waals surface area contributed by atoms with Gasteiger partial charge in [0.25, 0.3) is 5.91 Å². The molecular weight excluding hydrogens is 401 g/mol. The molecular formula is C21H23ClFNO5. The summed E-state index contributed by atoms with van der Waals surface area (Å²) in [4.78, 5) is 24.1. The second-order valence-electron chi connectivity index (χ2n) is 6.65. The van der Waals surface area contributed by atoms with Gasteiger partial charge in [0.2, 0.25) is 0 Å². The van der Waals surface area contributed by atoms with Crippen LogP contribution in [-0.4, -0.2) is 32.2 Å². The van der Waals surface area contributed by atoms with Crippen molar-refractivity contribution in [1.82, 2.24) is 0 Å². The number of halogens is 2. The number of ether oxygens (including phenoxy) is 3. The molecule has 0 saturated heterocycles. The SMILES string of the molecule is COc1cc(C(=O)OCC(=O)Nc2ccc(F)c(Cl)c2)ccc1OCCC(C)C. The van der Waals surface area contributed by atoms with Crippen molar-refractivity contribution in [3.05, 3.63) is 52.8 Å². The predicted molar refractivity (Wildman–Crippen MR) is 108 cm³/mol. The normalized spacial score (nSPS) is 10.6. The van der Waals surface area contributed by atoms with Crippen LogP contribution in [0.15, 0.2) is 36.4 Å². The first-order valence-corrected chi connectivity index (χ1v) is 9.40. The van der Waals surface area contributed by atoms with Crippen molar-refractivity contribution in [3.63, 3.8) is 0 Å². The molecule has 8 heteroatoms. The number of rotatable bonds is 9. The van der Waals surface area contributed by atoms with Crippen molar-refractivity contribution in [2.45, 2.75) is 20.3 Å². The molecule has 0 fully saturated rings. The van der Waals surface area contributed by atoms with Crippen LogP contribution in [0.2, 0.25) is 5.02 Å². The van der Waals surface area contributed by atoms with Crippen LogP contribution >= 0.6 is 11.6 Å². The van der Waals surface area contributed by atoms with Gasteiger partial charge in [0.15, 0.2) is 18.1 Å². The molecule has 2 rings (SSSR count). The zero-order chi connectivity index (χ0) is 21.4. The highest BCUT2D eigenvalue weighted by Gasteiger charge is 2.14. The van der Waals surface area contributed by atoms with Crippen LogP contribution in [0.5, 0.6) is 11.5 Å². The molecule has 0 spiro atoms. The van der Waals surface area contributed by atoms with Gasteiger partial charge in [0, 0.05) is 5.69 Å². The second-order valence-corrected chi connectivity index (χ2v) is 7.06. The first-order valence-electron chi connectivity index (χ1n) is 9.03. The molecule has 0 aliphatic carbocycles. The lowest BCUT2D eigenvalue weighted by Gasteiger charge is -2.13. The van der Waals surface area contributed by atoms with Gasteiger partial charge in [-0.1, -0.05) is 25.4 Å². The van der Waals surface area contributed by atoms with Crippen molar-refractivity contribution >= 4 is 29.2 Å². The number of methoxy groups -OCH3 is 1. The van der Waals surface area contributed by atoms with Gasteiger partial charge in [-0.2, -0.15) is 0 Å². The fourth-order valence-corrected chi connectivity index (χ4v) is 2.48. The lowest BCUT2D eigenvalue weighted by molar-refractivity contribution is -0.119. The lowest BCUT2D eigenvalue weighted by Crippen LogP contribution is -2.21. The minimum atomic E-state index is -0.690. The van der Waals surface area contributed by atoms with Gasteiger partial charge in [0.05, 0.1) is 24.3 Å². The van der Waals surface area contributed by atoms with Crippen LogP contribution in [0.25, 0.3) is 0 Å². The Morgan fingerprint density at radius 1 is 1.14 bits per heavy atom. The predicted octanol–water partition coefficient (Wildman–Crippen LogP) is 4.71. The molecule has 1 N–H and O–H groups in total. The molecule has 0 aliphatic heterocycles.